The van der Waals surface area contributed by atoms with E-state index in [0.29, 0.717) is 5.95 Å². The Balaban J connectivity index is 1.77. The van der Waals surface area contributed by atoms with Gasteiger partial charge in [-0.05, 0) is 29.7 Å². The fourth-order valence-electron chi connectivity index (χ4n) is 5.79. The molecule has 0 unspecified atom stereocenters. The number of hydrogen-bond donors (Lipinski definition) is 0. The van der Waals surface area contributed by atoms with Crippen LogP contribution in [-0.2, 0) is 0 Å². The van der Waals surface area contributed by atoms with Crippen LogP contribution < -0.4 is 0 Å². The van der Waals surface area contributed by atoms with Gasteiger partial charge in [-0.1, -0.05) is 78.9 Å². The molecule has 5 aromatic carbocycles. The van der Waals surface area contributed by atoms with Crippen molar-refractivity contribution >= 4 is 54.4 Å². The summed E-state index contributed by atoms with van der Waals surface area (Å²) < 4.78 is 4.59. The molecule has 0 bridgehead atoms. The van der Waals surface area contributed by atoms with Crippen molar-refractivity contribution in [3.63, 3.8) is 0 Å². The first kappa shape index (κ1) is 19.3. The van der Waals surface area contributed by atoms with Crippen molar-refractivity contribution in [3.05, 3.63) is 116 Å². The standard InChI is InChI=1S/C31H19N5/c1-2-10-20(11-3-1)35-25-16-8-7-15-24(25)28-29(35)22-13-5-4-12-21(22)27-23-14-6-9-17-26(23)36(30(27)28)31-33-18-32-19-34-31/h1-19H. The van der Waals surface area contributed by atoms with E-state index in [2.05, 4.69) is 127 Å². The summed E-state index contributed by atoms with van der Waals surface area (Å²) in [6, 6.07) is 36.5. The number of rotatable bonds is 2. The maximum absolute atomic E-state index is 4.59. The molecule has 0 N–H and O–H groups in total. The van der Waals surface area contributed by atoms with Gasteiger partial charge in [0.05, 0.1) is 22.1 Å². The molecule has 5 heteroatoms. The predicted octanol–water partition coefficient (Wildman–Crippen LogP) is 7.22. The molecule has 0 spiro atoms. The van der Waals surface area contributed by atoms with Crippen molar-refractivity contribution < 1.29 is 0 Å². The Morgan fingerprint density at radius 2 is 1.00 bits per heavy atom. The molecule has 36 heavy (non-hydrogen) atoms. The van der Waals surface area contributed by atoms with E-state index in [1.807, 2.05) is 0 Å². The fourth-order valence-corrected chi connectivity index (χ4v) is 5.79. The van der Waals surface area contributed by atoms with Gasteiger partial charge in [-0.2, -0.15) is 0 Å². The number of para-hydroxylation sites is 3. The van der Waals surface area contributed by atoms with Gasteiger partial charge < -0.3 is 4.57 Å². The molecule has 0 aliphatic heterocycles. The van der Waals surface area contributed by atoms with Crippen LogP contribution in [0.2, 0.25) is 0 Å². The highest BCUT2D eigenvalue weighted by molar-refractivity contribution is 6.36. The van der Waals surface area contributed by atoms with Crippen molar-refractivity contribution in [2.45, 2.75) is 0 Å². The molecule has 168 valence electrons. The number of benzene rings is 5. The van der Waals surface area contributed by atoms with E-state index < -0.39 is 0 Å². The zero-order valence-corrected chi connectivity index (χ0v) is 19.2. The van der Waals surface area contributed by atoms with Gasteiger partial charge in [0.15, 0.2) is 0 Å². The van der Waals surface area contributed by atoms with Crippen molar-refractivity contribution in [3.8, 4) is 11.6 Å². The smallest absolute Gasteiger partial charge is 0.237 e. The van der Waals surface area contributed by atoms with Gasteiger partial charge in [0.2, 0.25) is 5.95 Å². The lowest BCUT2D eigenvalue weighted by atomic mass is 9.99. The summed E-state index contributed by atoms with van der Waals surface area (Å²) in [7, 11) is 0. The molecule has 3 aromatic heterocycles. The molecule has 0 saturated heterocycles. The van der Waals surface area contributed by atoms with Crippen LogP contribution in [0.4, 0.5) is 0 Å². The highest BCUT2D eigenvalue weighted by atomic mass is 15.2. The first-order valence-electron chi connectivity index (χ1n) is 12.0. The molecule has 0 saturated carbocycles. The molecule has 8 rings (SSSR count). The lowest BCUT2D eigenvalue weighted by molar-refractivity contribution is 0.941. The van der Waals surface area contributed by atoms with Crippen molar-refractivity contribution in [1.29, 1.82) is 0 Å². The lowest BCUT2D eigenvalue weighted by Gasteiger charge is -2.12. The van der Waals surface area contributed by atoms with Crippen molar-refractivity contribution in [2.75, 3.05) is 0 Å². The van der Waals surface area contributed by atoms with E-state index in [0.717, 1.165) is 16.7 Å². The minimum atomic E-state index is 0.615. The van der Waals surface area contributed by atoms with E-state index in [4.69, 9.17) is 0 Å². The summed E-state index contributed by atoms with van der Waals surface area (Å²) in [5, 5.41) is 7.22. The third-order valence-corrected chi connectivity index (χ3v) is 7.13. The van der Waals surface area contributed by atoms with E-state index in [9.17, 15) is 0 Å². The Kier molecular flexibility index (Phi) is 3.88. The first-order chi connectivity index (χ1) is 17.9. The Morgan fingerprint density at radius 1 is 0.444 bits per heavy atom. The molecular weight excluding hydrogens is 442 g/mol. The summed E-state index contributed by atoms with van der Waals surface area (Å²) >= 11 is 0. The Hall–Kier alpha value is -5.03. The zero-order valence-electron chi connectivity index (χ0n) is 19.2. The summed E-state index contributed by atoms with van der Waals surface area (Å²) in [6.07, 6.45) is 3.13. The second-order valence-electron chi connectivity index (χ2n) is 8.97. The van der Waals surface area contributed by atoms with Crippen LogP contribution in [0.15, 0.2) is 116 Å². The van der Waals surface area contributed by atoms with Gasteiger partial charge in [-0.25, -0.2) is 15.0 Å². The molecule has 0 aliphatic carbocycles. The third-order valence-electron chi connectivity index (χ3n) is 7.13. The van der Waals surface area contributed by atoms with Gasteiger partial charge in [0.25, 0.3) is 0 Å². The zero-order chi connectivity index (χ0) is 23.6. The highest BCUT2D eigenvalue weighted by Crippen LogP contribution is 2.46. The fraction of sp³-hybridized carbons (Fsp3) is 0. The van der Waals surface area contributed by atoms with Crippen LogP contribution in [0.5, 0.6) is 0 Å². The Labute approximate surface area is 205 Å². The van der Waals surface area contributed by atoms with Gasteiger partial charge in [0, 0.05) is 32.6 Å². The molecule has 0 aliphatic rings. The summed E-state index contributed by atoms with van der Waals surface area (Å²) in [4.78, 5) is 13.3. The van der Waals surface area contributed by atoms with Gasteiger partial charge in [-0.3, -0.25) is 4.57 Å². The maximum atomic E-state index is 4.59. The average Bonchev–Trinajstić information content (AvgIpc) is 3.48. The molecule has 3 heterocycles. The highest BCUT2D eigenvalue weighted by Gasteiger charge is 2.24. The predicted molar refractivity (Wildman–Crippen MR) is 146 cm³/mol. The molecule has 0 atom stereocenters. The minimum absolute atomic E-state index is 0.615. The third kappa shape index (κ3) is 2.46. The van der Waals surface area contributed by atoms with E-state index in [1.165, 1.54) is 43.4 Å². The molecule has 8 aromatic rings. The number of fused-ring (bicyclic) bond motifs is 10. The normalized spacial score (nSPS) is 11.9. The van der Waals surface area contributed by atoms with Crippen LogP contribution in [0.1, 0.15) is 0 Å². The Morgan fingerprint density at radius 3 is 1.72 bits per heavy atom. The lowest BCUT2D eigenvalue weighted by Crippen LogP contribution is -2.01. The summed E-state index contributed by atoms with van der Waals surface area (Å²) in [5.74, 6) is 0.615. The van der Waals surface area contributed by atoms with E-state index in [1.54, 1.807) is 12.7 Å². The van der Waals surface area contributed by atoms with Crippen LogP contribution in [0.25, 0.3) is 66.0 Å². The van der Waals surface area contributed by atoms with Gasteiger partial charge in [-0.15, -0.1) is 0 Å². The molecular formula is C31H19N5. The van der Waals surface area contributed by atoms with Crippen LogP contribution >= 0.6 is 0 Å². The molecule has 0 amide bonds. The molecule has 5 nitrogen and oxygen atoms in total. The van der Waals surface area contributed by atoms with Crippen LogP contribution in [-0.4, -0.2) is 24.1 Å². The van der Waals surface area contributed by atoms with Crippen LogP contribution in [0.3, 0.4) is 0 Å². The van der Waals surface area contributed by atoms with E-state index in [-0.39, 0.29) is 0 Å². The second-order valence-corrected chi connectivity index (χ2v) is 8.97. The number of nitrogens with zero attached hydrogens (tertiary/aromatic N) is 5. The number of aromatic nitrogens is 5. The monoisotopic (exact) mass is 461 g/mol. The molecule has 0 radical (unpaired) electrons. The largest absolute Gasteiger partial charge is 0.309 e. The SMILES string of the molecule is c1ccc(-n2c3ccccc3c3c2c2ccccc2c2c4ccccc4n(-c4ncncn4)c23)cc1. The summed E-state index contributed by atoms with van der Waals surface area (Å²) in [6.45, 7) is 0. The van der Waals surface area contributed by atoms with Crippen molar-refractivity contribution in [2.24, 2.45) is 0 Å². The topological polar surface area (TPSA) is 48.5 Å². The van der Waals surface area contributed by atoms with E-state index >= 15 is 0 Å². The van der Waals surface area contributed by atoms with Crippen LogP contribution in [0, 0.1) is 0 Å². The minimum Gasteiger partial charge on any atom is -0.309 e. The first-order valence-corrected chi connectivity index (χ1v) is 12.0. The Bertz CT molecular complexity index is 2090. The average molecular weight is 462 g/mol. The van der Waals surface area contributed by atoms with Gasteiger partial charge in [0.1, 0.15) is 12.7 Å². The second kappa shape index (κ2) is 7.23. The molecule has 0 fully saturated rings. The number of hydrogen-bond acceptors (Lipinski definition) is 3. The maximum Gasteiger partial charge on any atom is 0.237 e. The van der Waals surface area contributed by atoms with Crippen molar-refractivity contribution in [1.82, 2.24) is 24.1 Å². The van der Waals surface area contributed by atoms with Gasteiger partial charge >= 0.3 is 0 Å². The quantitative estimate of drug-likeness (QED) is 0.273. The summed E-state index contributed by atoms with van der Waals surface area (Å²) in [5.41, 5.74) is 5.68.